The number of hydrogen-bond donors (Lipinski definition) is 0. The lowest BCUT2D eigenvalue weighted by molar-refractivity contribution is -0.113. The van der Waals surface area contributed by atoms with Crippen molar-refractivity contribution >= 4 is 68.6 Å². The topological polar surface area (TPSA) is 42.7 Å². The maximum atomic E-state index is 12.6. The van der Waals surface area contributed by atoms with E-state index in [2.05, 4.69) is 22.6 Å². The molecule has 1 aliphatic rings. The lowest BCUT2D eigenvalue weighted by Gasteiger charge is -2.15. The van der Waals surface area contributed by atoms with Crippen LogP contribution in [-0.4, -0.2) is 16.8 Å². The minimum absolute atomic E-state index is 0.143. The highest BCUT2D eigenvalue weighted by molar-refractivity contribution is 14.1. The number of carbonyl (C=O) groups excluding carboxylic acids is 1. The third-order valence-corrected chi connectivity index (χ3v) is 4.95. The molecule has 1 saturated heterocycles. The first-order valence-electron chi connectivity index (χ1n) is 6.84. The molecule has 0 N–H and O–H groups in total. The second-order valence-corrected chi connectivity index (χ2v) is 7.32. The van der Waals surface area contributed by atoms with Gasteiger partial charge >= 0.3 is 0 Å². The summed E-state index contributed by atoms with van der Waals surface area (Å²) in [5.41, 5.74) is 0.730. The smallest absolute Gasteiger partial charge is 0.270 e. The normalized spacial score (nSPS) is 16.4. The number of rotatable bonds is 4. The van der Waals surface area contributed by atoms with Gasteiger partial charge < -0.3 is 9.15 Å². The Morgan fingerprint density at radius 2 is 2.04 bits per heavy atom. The zero-order valence-electron chi connectivity index (χ0n) is 12.1. The fourth-order valence-electron chi connectivity index (χ4n) is 2.08. The van der Waals surface area contributed by atoms with Gasteiger partial charge in [-0.1, -0.05) is 24.0 Å². The first kappa shape index (κ1) is 16.5. The first-order chi connectivity index (χ1) is 11.1. The second-order valence-electron chi connectivity index (χ2n) is 4.59. The standard InChI is InChI=1S/C16H12INO3S2/c1-2-20-11-5-3-10(4-6-11)18-15(19)13(23-16(18)22)9-12-7-8-14(17)21-12/h3-9H,2H2,1H3/b13-9-. The summed E-state index contributed by atoms with van der Waals surface area (Å²) in [6, 6.07) is 11.0. The molecule has 0 saturated carbocycles. The van der Waals surface area contributed by atoms with Crippen molar-refractivity contribution in [3.8, 4) is 5.75 Å². The van der Waals surface area contributed by atoms with Crippen molar-refractivity contribution in [1.82, 2.24) is 0 Å². The second kappa shape index (κ2) is 7.06. The van der Waals surface area contributed by atoms with Crippen LogP contribution in [0.3, 0.4) is 0 Å². The van der Waals surface area contributed by atoms with E-state index < -0.39 is 0 Å². The Labute approximate surface area is 157 Å². The molecule has 1 aliphatic heterocycles. The van der Waals surface area contributed by atoms with Crippen molar-refractivity contribution in [3.63, 3.8) is 0 Å². The summed E-state index contributed by atoms with van der Waals surface area (Å²) in [5, 5.41) is 0. The third-order valence-electron chi connectivity index (χ3n) is 3.07. The Morgan fingerprint density at radius 1 is 1.30 bits per heavy atom. The van der Waals surface area contributed by atoms with Crippen molar-refractivity contribution in [2.75, 3.05) is 11.5 Å². The molecule has 23 heavy (non-hydrogen) atoms. The molecular formula is C16H12INO3S2. The van der Waals surface area contributed by atoms with Gasteiger partial charge in [-0.05, 0) is 65.9 Å². The van der Waals surface area contributed by atoms with Gasteiger partial charge in [0, 0.05) is 6.08 Å². The van der Waals surface area contributed by atoms with E-state index >= 15 is 0 Å². The Balaban J connectivity index is 1.85. The summed E-state index contributed by atoms with van der Waals surface area (Å²) in [6.45, 7) is 2.53. The number of halogens is 1. The molecule has 0 atom stereocenters. The summed E-state index contributed by atoms with van der Waals surface area (Å²) in [6.07, 6.45) is 1.72. The summed E-state index contributed by atoms with van der Waals surface area (Å²) in [7, 11) is 0. The predicted molar refractivity (Wildman–Crippen MR) is 105 cm³/mol. The van der Waals surface area contributed by atoms with Crippen LogP contribution in [0.5, 0.6) is 5.75 Å². The summed E-state index contributed by atoms with van der Waals surface area (Å²) in [5.74, 6) is 1.26. The number of amides is 1. The molecule has 3 rings (SSSR count). The van der Waals surface area contributed by atoms with Gasteiger partial charge in [-0.3, -0.25) is 9.69 Å². The van der Waals surface area contributed by atoms with E-state index in [1.807, 2.05) is 43.3 Å². The molecule has 0 spiro atoms. The van der Waals surface area contributed by atoms with Crippen molar-refractivity contribution in [2.24, 2.45) is 0 Å². The number of anilines is 1. The quantitative estimate of drug-likeness (QED) is 0.379. The SMILES string of the molecule is CCOc1ccc(N2C(=O)/C(=C/c3ccc(I)o3)SC2=S)cc1. The fraction of sp³-hybridized carbons (Fsp3) is 0.125. The number of nitrogens with zero attached hydrogens (tertiary/aromatic N) is 1. The summed E-state index contributed by atoms with van der Waals surface area (Å²) < 4.78 is 12.2. The van der Waals surface area contributed by atoms with E-state index in [1.54, 1.807) is 6.08 Å². The number of ether oxygens (including phenoxy) is 1. The molecule has 0 bridgehead atoms. The number of thioether (sulfide) groups is 1. The van der Waals surface area contributed by atoms with Crippen molar-refractivity contribution in [3.05, 3.63) is 50.8 Å². The molecule has 118 valence electrons. The minimum Gasteiger partial charge on any atom is -0.494 e. The van der Waals surface area contributed by atoms with Crippen LogP contribution in [0.25, 0.3) is 6.08 Å². The molecular weight excluding hydrogens is 445 g/mol. The number of hydrogen-bond acceptors (Lipinski definition) is 5. The van der Waals surface area contributed by atoms with Crippen LogP contribution in [-0.2, 0) is 4.79 Å². The summed E-state index contributed by atoms with van der Waals surface area (Å²) >= 11 is 8.70. The van der Waals surface area contributed by atoms with E-state index in [-0.39, 0.29) is 5.91 Å². The van der Waals surface area contributed by atoms with Gasteiger partial charge in [-0.15, -0.1) is 0 Å². The van der Waals surface area contributed by atoms with Gasteiger partial charge in [0.15, 0.2) is 8.09 Å². The molecule has 1 aromatic heterocycles. The minimum atomic E-state index is -0.143. The van der Waals surface area contributed by atoms with Gasteiger partial charge in [0.2, 0.25) is 0 Å². The molecule has 1 fully saturated rings. The third kappa shape index (κ3) is 3.61. The van der Waals surface area contributed by atoms with Crippen LogP contribution in [0.4, 0.5) is 5.69 Å². The predicted octanol–water partition coefficient (Wildman–Crippen LogP) is 4.69. The van der Waals surface area contributed by atoms with E-state index in [9.17, 15) is 4.79 Å². The van der Waals surface area contributed by atoms with E-state index in [0.717, 1.165) is 15.2 Å². The van der Waals surface area contributed by atoms with E-state index in [0.29, 0.717) is 21.6 Å². The Morgan fingerprint density at radius 3 is 2.65 bits per heavy atom. The van der Waals surface area contributed by atoms with Gasteiger partial charge in [-0.2, -0.15) is 0 Å². The highest BCUT2D eigenvalue weighted by atomic mass is 127. The number of carbonyl (C=O) groups is 1. The van der Waals surface area contributed by atoms with Crippen LogP contribution in [0.1, 0.15) is 12.7 Å². The average molecular weight is 457 g/mol. The van der Waals surface area contributed by atoms with Crippen LogP contribution < -0.4 is 9.64 Å². The zero-order valence-corrected chi connectivity index (χ0v) is 15.9. The molecule has 0 aliphatic carbocycles. The molecule has 2 aromatic rings. The molecule has 0 radical (unpaired) electrons. The zero-order chi connectivity index (χ0) is 16.4. The van der Waals surface area contributed by atoms with Crippen molar-refractivity contribution < 1.29 is 13.9 Å². The molecule has 2 heterocycles. The molecule has 0 unspecified atom stereocenters. The van der Waals surface area contributed by atoms with Gasteiger partial charge in [0.05, 0.1) is 17.2 Å². The maximum Gasteiger partial charge on any atom is 0.270 e. The number of furan rings is 1. The molecule has 7 heteroatoms. The Hall–Kier alpha value is -1.32. The van der Waals surface area contributed by atoms with E-state index in [4.69, 9.17) is 21.4 Å². The maximum absolute atomic E-state index is 12.6. The van der Waals surface area contributed by atoms with Crippen LogP contribution >= 0.6 is 46.6 Å². The lowest BCUT2D eigenvalue weighted by Crippen LogP contribution is -2.27. The van der Waals surface area contributed by atoms with Crippen LogP contribution in [0.2, 0.25) is 0 Å². The fourth-order valence-corrected chi connectivity index (χ4v) is 3.80. The lowest BCUT2D eigenvalue weighted by atomic mass is 10.2. The Kier molecular flexibility index (Phi) is 5.08. The number of thiocarbonyl (C=S) groups is 1. The van der Waals surface area contributed by atoms with Crippen LogP contribution in [0, 0.1) is 3.77 Å². The van der Waals surface area contributed by atoms with E-state index in [1.165, 1.54) is 16.7 Å². The molecule has 1 amide bonds. The highest BCUT2D eigenvalue weighted by Gasteiger charge is 2.33. The largest absolute Gasteiger partial charge is 0.494 e. The van der Waals surface area contributed by atoms with Crippen LogP contribution in [0.15, 0.2) is 45.7 Å². The number of benzene rings is 1. The average Bonchev–Trinajstić information content (AvgIpc) is 3.05. The molecule has 4 nitrogen and oxygen atoms in total. The highest BCUT2D eigenvalue weighted by Crippen LogP contribution is 2.36. The summed E-state index contributed by atoms with van der Waals surface area (Å²) in [4.78, 5) is 14.7. The Bertz CT molecular complexity index is 783. The van der Waals surface area contributed by atoms with Crippen molar-refractivity contribution in [1.29, 1.82) is 0 Å². The van der Waals surface area contributed by atoms with Gasteiger partial charge in [-0.25, -0.2) is 0 Å². The van der Waals surface area contributed by atoms with Gasteiger partial charge in [0.1, 0.15) is 11.5 Å². The molecule has 1 aromatic carbocycles. The first-order valence-corrected chi connectivity index (χ1v) is 9.15. The monoisotopic (exact) mass is 457 g/mol. The van der Waals surface area contributed by atoms with Gasteiger partial charge in [0.25, 0.3) is 5.91 Å². The van der Waals surface area contributed by atoms with Crippen molar-refractivity contribution in [2.45, 2.75) is 6.92 Å².